The van der Waals surface area contributed by atoms with Crippen molar-refractivity contribution in [3.05, 3.63) is 0 Å². The predicted octanol–water partition coefficient (Wildman–Crippen LogP) is 5.28. The van der Waals surface area contributed by atoms with Crippen molar-refractivity contribution in [1.82, 2.24) is 31.9 Å². The molecule has 1 aliphatic rings. The van der Waals surface area contributed by atoms with Crippen LogP contribution in [-0.4, -0.2) is 48.7 Å². The first-order valence-corrected chi connectivity index (χ1v) is 14.1. The van der Waals surface area contributed by atoms with E-state index >= 15 is 0 Å². The molecule has 0 aromatic rings. The predicted molar refractivity (Wildman–Crippen MR) is 145 cm³/mol. The summed E-state index contributed by atoms with van der Waals surface area (Å²) in [6, 6.07) is 0.665. The lowest BCUT2D eigenvalue weighted by Gasteiger charge is -2.43. The Kier molecular flexibility index (Phi) is 14.6. The van der Waals surface area contributed by atoms with Crippen LogP contribution in [0.3, 0.4) is 0 Å². The van der Waals surface area contributed by atoms with Crippen LogP contribution in [0.2, 0.25) is 0 Å². The molecule has 1 saturated carbocycles. The van der Waals surface area contributed by atoms with Crippen LogP contribution in [0.5, 0.6) is 0 Å². The lowest BCUT2D eigenvalue weighted by molar-refractivity contribution is 0.0891. The molecule has 5 N–H and O–H groups in total. The van der Waals surface area contributed by atoms with E-state index in [1.54, 1.807) is 0 Å². The molecule has 6 heteroatoms. The molecule has 0 saturated heterocycles. The quantitative estimate of drug-likeness (QED) is 0.0952. The van der Waals surface area contributed by atoms with Gasteiger partial charge in [0.15, 0.2) is 0 Å². The molecule has 6 nitrogen and oxygen atoms in total. The van der Waals surface area contributed by atoms with Crippen molar-refractivity contribution in [3.63, 3.8) is 0 Å². The third-order valence-electron chi connectivity index (χ3n) is 5.89. The lowest BCUT2D eigenvalue weighted by Crippen LogP contribution is -2.71. The van der Waals surface area contributed by atoms with Crippen molar-refractivity contribution in [3.8, 4) is 0 Å². The Morgan fingerprint density at radius 1 is 0.758 bits per heavy atom. The largest absolute Gasteiger partial charge is 0.287 e. The van der Waals surface area contributed by atoms with Crippen molar-refractivity contribution in [1.29, 1.82) is 0 Å². The van der Waals surface area contributed by atoms with Gasteiger partial charge in [0.25, 0.3) is 0 Å². The summed E-state index contributed by atoms with van der Waals surface area (Å²) in [7, 11) is 0. The normalized spacial score (nSPS) is 17.0. The van der Waals surface area contributed by atoms with Gasteiger partial charge >= 0.3 is 0 Å². The minimum absolute atomic E-state index is 0.0667. The highest BCUT2D eigenvalue weighted by Gasteiger charge is 2.37. The van der Waals surface area contributed by atoms with E-state index < -0.39 is 0 Å². The Morgan fingerprint density at radius 3 is 2.03 bits per heavy atom. The average Bonchev–Trinajstić information content (AvgIpc) is 3.50. The number of unbranched alkanes of at least 4 members (excludes halogenated alkanes) is 5. The lowest BCUT2D eigenvalue weighted by atomic mass is 9.97. The summed E-state index contributed by atoms with van der Waals surface area (Å²) >= 11 is 0. The number of nitrogens with zero attached hydrogens (tertiary/aromatic N) is 1. The molecular weight excluding hydrogens is 408 g/mol. The average molecular weight is 469 g/mol. The molecule has 0 heterocycles. The van der Waals surface area contributed by atoms with Crippen molar-refractivity contribution >= 4 is 0 Å². The summed E-state index contributed by atoms with van der Waals surface area (Å²) in [6.45, 7) is 22.4. The molecule has 1 rings (SSSR count). The molecule has 1 unspecified atom stereocenters. The Labute approximate surface area is 207 Å². The second kappa shape index (κ2) is 15.7. The first-order chi connectivity index (χ1) is 15.5. The standard InChI is InChI=1S/C27H60N6/c1-9-11-15-21-29-33(30-23-25(3,4)5)22-16-13-14-19-27(28-20-12-10-2,31-24-17-18-24)32-26(6,7)8/h24,28-32H,9-23H2,1-8H3. The van der Waals surface area contributed by atoms with Gasteiger partial charge in [0.1, 0.15) is 5.79 Å². The molecule has 0 spiro atoms. The summed E-state index contributed by atoms with van der Waals surface area (Å²) in [4.78, 5) is 0. The molecule has 1 atom stereocenters. The van der Waals surface area contributed by atoms with Gasteiger partial charge < -0.3 is 0 Å². The third-order valence-corrected chi connectivity index (χ3v) is 5.89. The van der Waals surface area contributed by atoms with Crippen LogP contribution >= 0.6 is 0 Å². The van der Waals surface area contributed by atoms with E-state index in [0.717, 1.165) is 32.6 Å². The molecule has 1 fully saturated rings. The zero-order valence-electron chi connectivity index (χ0n) is 23.6. The number of rotatable bonds is 20. The highest BCUT2D eigenvalue weighted by molar-refractivity contribution is 4.95. The maximum Gasteiger partial charge on any atom is 0.124 e. The molecule has 198 valence electrons. The van der Waals surface area contributed by atoms with Gasteiger partial charge in [-0.15, -0.1) is 0 Å². The monoisotopic (exact) mass is 468 g/mol. The Balaban J connectivity index is 2.55. The van der Waals surface area contributed by atoms with Crippen molar-refractivity contribution in [2.45, 2.75) is 143 Å². The van der Waals surface area contributed by atoms with E-state index in [4.69, 9.17) is 0 Å². The van der Waals surface area contributed by atoms with Crippen LogP contribution in [-0.2, 0) is 0 Å². The number of hydrogen-bond acceptors (Lipinski definition) is 6. The van der Waals surface area contributed by atoms with Crippen LogP contribution in [0.1, 0.15) is 126 Å². The van der Waals surface area contributed by atoms with Gasteiger partial charge in [0, 0.05) is 31.2 Å². The fraction of sp³-hybridized carbons (Fsp3) is 1.00. The fourth-order valence-electron chi connectivity index (χ4n) is 4.02. The van der Waals surface area contributed by atoms with Gasteiger partial charge in [-0.2, -0.15) is 5.12 Å². The summed E-state index contributed by atoms with van der Waals surface area (Å²) < 4.78 is 0. The first-order valence-electron chi connectivity index (χ1n) is 14.1. The minimum Gasteiger partial charge on any atom is -0.287 e. The summed E-state index contributed by atoms with van der Waals surface area (Å²) in [6.07, 6.45) is 13.6. The zero-order chi connectivity index (χ0) is 24.8. The molecule has 0 aromatic carbocycles. The molecule has 33 heavy (non-hydrogen) atoms. The first kappa shape index (κ1) is 30.8. The van der Waals surface area contributed by atoms with Crippen LogP contribution in [0.15, 0.2) is 0 Å². The molecule has 0 aromatic heterocycles. The van der Waals surface area contributed by atoms with Gasteiger partial charge in [-0.05, 0) is 77.7 Å². The SMILES string of the molecule is CCCCCNN(CCCCCC(NCCCC)(NC1CC1)NC(C)(C)C)NCC(C)(C)C. The second-order valence-corrected chi connectivity index (χ2v) is 12.5. The van der Waals surface area contributed by atoms with Gasteiger partial charge in [0.2, 0.25) is 0 Å². The maximum atomic E-state index is 3.94. The fourth-order valence-corrected chi connectivity index (χ4v) is 4.02. The molecule has 1 aliphatic carbocycles. The van der Waals surface area contributed by atoms with E-state index in [1.807, 2.05) is 0 Å². The third kappa shape index (κ3) is 16.9. The Bertz CT molecular complexity index is 480. The number of nitrogens with one attached hydrogen (secondary N) is 5. The van der Waals surface area contributed by atoms with E-state index in [0.29, 0.717) is 6.04 Å². The highest BCUT2D eigenvalue weighted by Crippen LogP contribution is 2.25. The summed E-state index contributed by atoms with van der Waals surface area (Å²) in [5.41, 5.74) is 7.59. The Morgan fingerprint density at radius 2 is 1.45 bits per heavy atom. The molecule has 0 aliphatic heterocycles. The zero-order valence-corrected chi connectivity index (χ0v) is 23.6. The molecule has 0 radical (unpaired) electrons. The maximum absolute atomic E-state index is 3.94. The van der Waals surface area contributed by atoms with E-state index in [1.165, 1.54) is 64.2 Å². The highest BCUT2D eigenvalue weighted by atomic mass is 15.7. The van der Waals surface area contributed by atoms with Crippen molar-refractivity contribution < 1.29 is 0 Å². The van der Waals surface area contributed by atoms with Crippen molar-refractivity contribution in [2.24, 2.45) is 5.41 Å². The number of hydrogen-bond donors (Lipinski definition) is 5. The van der Waals surface area contributed by atoms with Gasteiger partial charge in [-0.3, -0.25) is 16.0 Å². The van der Waals surface area contributed by atoms with Gasteiger partial charge in [-0.1, -0.05) is 60.3 Å². The van der Waals surface area contributed by atoms with E-state index in [9.17, 15) is 0 Å². The smallest absolute Gasteiger partial charge is 0.124 e. The van der Waals surface area contributed by atoms with E-state index in [2.05, 4.69) is 87.3 Å². The second-order valence-electron chi connectivity index (χ2n) is 12.5. The number of hydrazine groups is 2. The molecular formula is C27H60N6. The van der Waals surface area contributed by atoms with Gasteiger partial charge in [-0.25, -0.2) is 10.9 Å². The van der Waals surface area contributed by atoms with Crippen molar-refractivity contribution in [2.75, 3.05) is 26.2 Å². The van der Waals surface area contributed by atoms with Gasteiger partial charge in [0.05, 0.1) is 0 Å². The molecule has 0 amide bonds. The summed E-state index contributed by atoms with van der Waals surface area (Å²) in [5.74, 6) is -0.156. The Hall–Kier alpha value is -0.240. The summed E-state index contributed by atoms with van der Waals surface area (Å²) in [5, 5.41) is 14.0. The van der Waals surface area contributed by atoms with Crippen LogP contribution < -0.4 is 26.8 Å². The minimum atomic E-state index is -0.156. The van der Waals surface area contributed by atoms with E-state index in [-0.39, 0.29) is 16.7 Å². The van der Waals surface area contributed by atoms with Crippen LogP contribution in [0, 0.1) is 5.41 Å². The van der Waals surface area contributed by atoms with Crippen LogP contribution in [0.4, 0.5) is 0 Å². The van der Waals surface area contributed by atoms with Crippen LogP contribution in [0.25, 0.3) is 0 Å². The topological polar surface area (TPSA) is 63.4 Å². The molecule has 0 bridgehead atoms.